The number of hydrogen-bond acceptors (Lipinski definition) is 2. The normalized spacial score (nSPS) is 28.9. The van der Waals surface area contributed by atoms with E-state index in [1.807, 2.05) is 0 Å². The number of benzene rings is 2. The van der Waals surface area contributed by atoms with Gasteiger partial charge in [-0.3, -0.25) is 0 Å². The third-order valence-corrected chi connectivity index (χ3v) is 4.95. The van der Waals surface area contributed by atoms with Crippen molar-refractivity contribution in [1.82, 2.24) is 0 Å². The van der Waals surface area contributed by atoms with Crippen LogP contribution >= 0.6 is 0 Å². The molecule has 3 aliphatic rings. The number of fused-ring (bicyclic) bond motifs is 1. The molecule has 0 saturated heterocycles. The number of ether oxygens (including phenoxy) is 2. The smallest absolute Gasteiger partial charge is 0.137 e. The molecule has 0 N–H and O–H groups in total. The molecule has 0 atom stereocenters. The van der Waals surface area contributed by atoms with Crippen molar-refractivity contribution in [2.75, 3.05) is 14.2 Å². The molecular formula is C19H18O2. The standard InChI is InChI=1S/C19H18O2/c1-20-18-12-7-13-19(21-2,16-10-5-3-8-14(16)18)17-11-6-4-9-15(17)18/h3-12H,13H2,1-2H3. The van der Waals surface area contributed by atoms with E-state index in [2.05, 4.69) is 60.7 Å². The fraction of sp³-hybridized carbons (Fsp3) is 0.263. The molecular weight excluding hydrogens is 260 g/mol. The zero-order valence-corrected chi connectivity index (χ0v) is 12.3. The number of methoxy groups -OCH3 is 2. The van der Waals surface area contributed by atoms with Crippen molar-refractivity contribution in [2.24, 2.45) is 0 Å². The lowest BCUT2D eigenvalue weighted by molar-refractivity contribution is 0.00456. The third kappa shape index (κ3) is 1.39. The van der Waals surface area contributed by atoms with Gasteiger partial charge in [0.15, 0.2) is 0 Å². The highest BCUT2D eigenvalue weighted by molar-refractivity contribution is 5.61. The molecule has 0 heterocycles. The third-order valence-electron chi connectivity index (χ3n) is 4.95. The van der Waals surface area contributed by atoms with Crippen LogP contribution in [0.15, 0.2) is 60.7 Å². The summed E-state index contributed by atoms with van der Waals surface area (Å²) in [7, 11) is 3.58. The van der Waals surface area contributed by atoms with E-state index in [0.717, 1.165) is 6.42 Å². The van der Waals surface area contributed by atoms with Crippen LogP contribution in [0.2, 0.25) is 0 Å². The maximum atomic E-state index is 6.08. The predicted molar refractivity (Wildman–Crippen MR) is 82.2 cm³/mol. The molecule has 0 fully saturated rings. The quantitative estimate of drug-likeness (QED) is 0.779. The molecule has 2 bridgehead atoms. The van der Waals surface area contributed by atoms with Crippen molar-refractivity contribution in [3.8, 4) is 0 Å². The van der Waals surface area contributed by atoms with E-state index in [1.165, 1.54) is 22.3 Å². The van der Waals surface area contributed by atoms with Crippen molar-refractivity contribution in [3.05, 3.63) is 82.9 Å². The molecule has 0 spiro atoms. The van der Waals surface area contributed by atoms with Gasteiger partial charge in [-0.15, -0.1) is 0 Å². The molecule has 21 heavy (non-hydrogen) atoms. The lowest BCUT2D eigenvalue weighted by Crippen LogP contribution is -2.41. The Morgan fingerprint density at radius 1 is 0.762 bits per heavy atom. The molecule has 2 aromatic rings. The van der Waals surface area contributed by atoms with Crippen LogP contribution in [0.5, 0.6) is 0 Å². The van der Waals surface area contributed by atoms with Gasteiger partial charge in [0.25, 0.3) is 0 Å². The van der Waals surface area contributed by atoms with Crippen LogP contribution in [0.1, 0.15) is 28.7 Å². The van der Waals surface area contributed by atoms with Gasteiger partial charge in [0, 0.05) is 20.6 Å². The fourth-order valence-corrected chi connectivity index (χ4v) is 3.99. The minimum atomic E-state index is -0.508. The van der Waals surface area contributed by atoms with Gasteiger partial charge in [0.2, 0.25) is 0 Å². The minimum Gasteiger partial charge on any atom is -0.368 e. The van der Waals surface area contributed by atoms with Gasteiger partial charge >= 0.3 is 0 Å². The highest BCUT2D eigenvalue weighted by atomic mass is 16.5. The largest absolute Gasteiger partial charge is 0.368 e. The van der Waals surface area contributed by atoms with Gasteiger partial charge in [0.1, 0.15) is 11.2 Å². The SMILES string of the molecule is COC12C=CCC(OC)(c3ccccc31)c1ccccc12. The summed E-state index contributed by atoms with van der Waals surface area (Å²) in [6.45, 7) is 0. The molecule has 0 saturated carbocycles. The predicted octanol–water partition coefficient (Wildman–Crippen LogP) is 3.74. The molecule has 0 unspecified atom stereocenters. The Morgan fingerprint density at radius 2 is 1.29 bits per heavy atom. The van der Waals surface area contributed by atoms with E-state index in [0.29, 0.717) is 0 Å². The Hall–Kier alpha value is -1.90. The first kappa shape index (κ1) is 12.8. The van der Waals surface area contributed by atoms with E-state index in [-0.39, 0.29) is 0 Å². The zero-order chi connectivity index (χ0) is 14.5. The van der Waals surface area contributed by atoms with Crippen LogP contribution in [0.3, 0.4) is 0 Å². The lowest BCUT2D eigenvalue weighted by atomic mass is 9.68. The Bertz CT molecular complexity index is 682. The van der Waals surface area contributed by atoms with Gasteiger partial charge in [-0.2, -0.15) is 0 Å². The van der Waals surface area contributed by atoms with Crippen molar-refractivity contribution in [2.45, 2.75) is 17.6 Å². The van der Waals surface area contributed by atoms with Crippen molar-refractivity contribution >= 4 is 0 Å². The molecule has 0 aliphatic heterocycles. The summed E-state index contributed by atoms with van der Waals surface area (Å²) in [5.41, 5.74) is 3.85. The van der Waals surface area contributed by atoms with Crippen LogP contribution in [0.4, 0.5) is 0 Å². The van der Waals surface area contributed by atoms with Crippen LogP contribution in [0, 0.1) is 0 Å². The maximum Gasteiger partial charge on any atom is 0.137 e. The van der Waals surface area contributed by atoms with Crippen molar-refractivity contribution in [3.63, 3.8) is 0 Å². The Kier molecular flexibility index (Phi) is 2.62. The highest BCUT2D eigenvalue weighted by Crippen LogP contribution is 2.54. The molecule has 0 radical (unpaired) electrons. The summed E-state index contributed by atoms with van der Waals surface area (Å²) < 4.78 is 12.1. The highest BCUT2D eigenvalue weighted by Gasteiger charge is 2.51. The average Bonchev–Trinajstić information content (AvgIpc) is 2.80. The first-order valence-electron chi connectivity index (χ1n) is 7.26. The molecule has 2 aromatic carbocycles. The first-order chi connectivity index (χ1) is 10.3. The molecule has 106 valence electrons. The average molecular weight is 278 g/mol. The summed E-state index contributed by atoms with van der Waals surface area (Å²) in [5, 5.41) is 0. The van der Waals surface area contributed by atoms with Gasteiger partial charge in [0.05, 0.1) is 0 Å². The topological polar surface area (TPSA) is 18.5 Å². The van der Waals surface area contributed by atoms with Crippen LogP contribution < -0.4 is 0 Å². The zero-order valence-electron chi connectivity index (χ0n) is 12.3. The summed E-state index contributed by atoms with van der Waals surface area (Å²) >= 11 is 0. The van der Waals surface area contributed by atoms with Crippen molar-refractivity contribution < 1.29 is 9.47 Å². The van der Waals surface area contributed by atoms with E-state index in [1.54, 1.807) is 14.2 Å². The van der Waals surface area contributed by atoms with Crippen molar-refractivity contribution in [1.29, 1.82) is 0 Å². The van der Waals surface area contributed by atoms with E-state index in [4.69, 9.17) is 9.47 Å². The fourth-order valence-electron chi connectivity index (χ4n) is 3.99. The molecule has 2 heteroatoms. The molecule has 0 amide bonds. The Labute approximate surface area is 125 Å². The summed E-state index contributed by atoms with van der Waals surface area (Å²) in [4.78, 5) is 0. The lowest BCUT2D eigenvalue weighted by Gasteiger charge is -2.44. The van der Waals surface area contributed by atoms with E-state index in [9.17, 15) is 0 Å². The molecule has 2 nitrogen and oxygen atoms in total. The van der Waals surface area contributed by atoms with Crippen LogP contribution in [-0.2, 0) is 20.7 Å². The van der Waals surface area contributed by atoms with Gasteiger partial charge in [-0.05, 0) is 28.3 Å². The number of rotatable bonds is 2. The number of hydrogen-bond donors (Lipinski definition) is 0. The molecule has 0 aromatic heterocycles. The van der Waals surface area contributed by atoms with E-state index >= 15 is 0 Å². The Balaban J connectivity index is 2.19. The summed E-state index contributed by atoms with van der Waals surface area (Å²) in [5.74, 6) is 0. The monoisotopic (exact) mass is 278 g/mol. The minimum absolute atomic E-state index is 0.414. The van der Waals surface area contributed by atoms with Gasteiger partial charge in [-0.25, -0.2) is 0 Å². The van der Waals surface area contributed by atoms with Crippen LogP contribution in [-0.4, -0.2) is 14.2 Å². The molecule has 3 aliphatic carbocycles. The molecule has 5 rings (SSSR count). The summed E-state index contributed by atoms with van der Waals surface area (Å²) in [6.07, 6.45) is 5.19. The summed E-state index contributed by atoms with van der Waals surface area (Å²) in [6, 6.07) is 16.9. The van der Waals surface area contributed by atoms with E-state index < -0.39 is 11.2 Å². The second-order valence-electron chi connectivity index (χ2n) is 5.67. The maximum absolute atomic E-state index is 6.08. The second-order valence-corrected chi connectivity index (χ2v) is 5.67. The first-order valence-corrected chi connectivity index (χ1v) is 7.26. The Morgan fingerprint density at radius 3 is 1.76 bits per heavy atom. The second kappa shape index (κ2) is 4.30. The van der Waals surface area contributed by atoms with Gasteiger partial charge < -0.3 is 9.47 Å². The van der Waals surface area contributed by atoms with Gasteiger partial charge in [-0.1, -0.05) is 54.6 Å². The van der Waals surface area contributed by atoms with Crippen LogP contribution in [0.25, 0.3) is 0 Å².